The van der Waals surface area contributed by atoms with E-state index in [0.29, 0.717) is 0 Å². The molecule has 0 aliphatic carbocycles. The Bertz CT molecular complexity index is 519. The van der Waals surface area contributed by atoms with E-state index in [1.165, 1.54) is 16.5 Å². The molecule has 2 rings (SSSR count). The number of pyridine rings is 1. The predicted molar refractivity (Wildman–Crippen MR) is 54.6 cm³/mol. The Hall–Kier alpha value is -1.24. The third-order valence-electron chi connectivity index (χ3n) is 2.56. The third-order valence-corrected chi connectivity index (χ3v) is 2.56. The van der Waals surface area contributed by atoms with Gasteiger partial charge >= 0.3 is 0 Å². The first-order chi connectivity index (χ1) is 8.33. The summed E-state index contributed by atoms with van der Waals surface area (Å²) in [4.78, 5) is 0. The number of hydrogen-bond donors (Lipinski definition) is 0. The lowest BCUT2D eigenvalue weighted by Gasteiger charge is -2.17. The van der Waals surface area contributed by atoms with Gasteiger partial charge in [0.1, 0.15) is 6.54 Å². The summed E-state index contributed by atoms with van der Waals surface area (Å²) in [7, 11) is -4.94. The number of aryl methyl sites for hydroxylation is 2. The van der Waals surface area contributed by atoms with Crippen molar-refractivity contribution in [1.29, 1.82) is 0 Å². The summed E-state index contributed by atoms with van der Waals surface area (Å²) < 4.78 is 36.2. The summed E-state index contributed by atoms with van der Waals surface area (Å²) in [5.41, 5.74) is 1.35. The van der Waals surface area contributed by atoms with E-state index < -0.39 is 10.2 Å². The lowest BCUT2D eigenvalue weighted by molar-refractivity contribution is -2.00. The van der Waals surface area contributed by atoms with Gasteiger partial charge in [-0.1, -0.05) is 18.2 Å². The molecule has 0 radical (unpaired) electrons. The lowest BCUT2D eigenvalue weighted by atomic mass is 10.1. The predicted octanol–water partition coefficient (Wildman–Crippen LogP) is -2.30. The fourth-order valence-corrected chi connectivity index (χ4v) is 1.75. The Morgan fingerprint density at radius 3 is 2.17 bits per heavy atom. The van der Waals surface area contributed by atoms with Crippen LogP contribution in [0, 0.1) is 17.2 Å². The van der Waals surface area contributed by atoms with Gasteiger partial charge in [-0.15, -0.1) is 10.2 Å². The fraction of sp³-hybridized carbons (Fsp3) is 0.250. The van der Waals surface area contributed by atoms with Crippen molar-refractivity contribution in [2.75, 3.05) is 0 Å². The number of benzene rings is 1. The molecule has 0 N–H and O–H groups in total. The highest BCUT2D eigenvalue weighted by atomic mass is 35.7. The molecular formula is C12H14ClNO4. The average Bonchev–Trinajstić information content (AvgIpc) is 2.28. The second kappa shape index (κ2) is 6.08. The summed E-state index contributed by atoms with van der Waals surface area (Å²) in [5.74, 6) is 0. The first-order valence-electron chi connectivity index (χ1n) is 5.32. The highest BCUT2D eigenvalue weighted by molar-refractivity contribution is 5.83. The van der Waals surface area contributed by atoms with Crippen LogP contribution in [0.3, 0.4) is 0 Å². The van der Waals surface area contributed by atoms with Crippen molar-refractivity contribution in [2.24, 2.45) is 0 Å². The van der Waals surface area contributed by atoms with Crippen molar-refractivity contribution < 1.29 is 33.4 Å². The maximum Gasteiger partial charge on any atom is 0.186 e. The van der Waals surface area contributed by atoms with Gasteiger partial charge in [-0.25, -0.2) is 23.2 Å². The van der Waals surface area contributed by atoms with Crippen LogP contribution >= 0.6 is 0 Å². The maximum absolute atomic E-state index is 8.49. The molecule has 98 valence electrons. The Balaban J connectivity index is 0.000000280. The quantitative estimate of drug-likeness (QED) is 0.545. The first-order valence-corrected chi connectivity index (χ1v) is 6.56. The minimum Gasteiger partial charge on any atom is -0.222 e. The van der Waals surface area contributed by atoms with Crippen LogP contribution in [-0.4, -0.2) is 0 Å². The highest BCUT2D eigenvalue weighted by Gasteiger charge is 2.06. The third kappa shape index (κ3) is 4.56. The van der Waals surface area contributed by atoms with Crippen molar-refractivity contribution in [3.8, 4) is 0 Å². The van der Waals surface area contributed by atoms with Crippen molar-refractivity contribution in [2.45, 2.75) is 20.4 Å². The maximum atomic E-state index is 8.49. The van der Waals surface area contributed by atoms with Gasteiger partial charge in [0, 0.05) is 18.4 Å². The van der Waals surface area contributed by atoms with Crippen molar-refractivity contribution in [3.63, 3.8) is 0 Å². The second-order valence-electron chi connectivity index (χ2n) is 3.65. The number of aromatic nitrogens is 1. The smallest absolute Gasteiger partial charge is 0.186 e. The summed E-state index contributed by atoms with van der Waals surface area (Å²) in [6.07, 6.45) is 2.15. The normalized spacial score (nSPS) is 11.0. The molecule has 0 fully saturated rings. The molecule has 0 atom stereocenters. The van der Waals surface area contributed by atoms with Gasteiger partial charge in [0.2, 0.25) is 0 Å². The molecule has 0 saturated heterocycles. The molecule has 0 unspecified atom stereocenters. The minimum atomic E-state index is -4.94. The summed E-state index contributed by atoms with van der Waals surface area (Å²) in [6.45, 7) is 5.38. The Morgan fingerprint density at radius 2 is 1.61 bits per heavy atom. The molecule has 0 amide bonds. The lowest BCUT2D eigenvalue weighted by Crippen LogP contribution is -2.68. The molecule has 0 aliphatic heterocycles. The van der Waals surface area contributed by atoms with Crippen LogP contribution in [0.5, 0.6) is 0 Å². The van der Waals surface area contributed by atoms with Crippen molar-refractivity contribution >= 4 is 10.8 Å². The number of nitrogens with zero attached hydrogens (tertiary/aromatic N) is 1. The van der Waals surface area contributed by atoms with Crippen LogP contribution in [0.25, 0.3) is 10.8 Å². The van der Waals surface area contributed by atoms with Gasteiger partial charge in [0.05, 0.1) is 0 Å². The van der Waals surface area contributed by atoms with Crippen LogP contribution in [0.2, 0.25) is 0 Å². The van der Waals surface area contributed by atoms with Gasteiger partial charge in [-0.05, 0) is 18.4 Å². The summed E-state index contributed by atoms with van der Waals surface area (Å²) in [5, 5.41) is 2.68. The van der Waals surface area contributed by atoms with E-state index in [0.717, 1.165) is 6.54 Å². The van der Waals surface area contributed by atoms with E-state index >= 15 is 0 Å². The standard InChI is InChI=1S/C12H14N.ClHO4/c1-3-13-9-8-11-6-4-5-7-12(11)10(13)2;2-1(3,4)5/h4-9H,3H2,1-2H3;(H,2,3,4,5)/q+1;/p-1. The molecule has 0 aliphatic rings. The van der Waals surface area contributed by atoms with Gasteiger partial charge in [0.15, 0.2) is 11.9 Å². The molecular weight excluding hydrogens is 258 g/mol. The zero-order chi connectivity index (χ0) is 13.8. The summed E-state index contributed by atoms with van der Waals surface area (Å²) in [6, 6.07) is 10.7. The van der Waals surface area contributed by atoms with E-state index in [9.17, 15) is 0 Å². The van der Waals surface area contributed by atoms with Crippen LogP contribution in [0.1, 0.15) is 12.6 Å². The number of hydrogen-bond acceptors (Lipinski definition) is 4. The molecule has 0 bridgehead atoms. The monoisotopic (exact) mass is 271 g/mol. The zero-order valence-corrected chi connectivity index (χ0v) is 10.9. The molecule has 1 heterocycles. The molecule has 2 aromatic rings. The minimum absolute atomic E-state index is 1.04. The van der Waals surface area contributed by atoms with E-state index in [4.69, 9.17) is 18.6 Å². The summed E-state index contributed by atoms with van der Waals surface area (Å²) >= 11 is 0. The molecule has 0 saturated carbocycles. The van der Waals surface area contributed by atoms with Crippen molar-refractivity contribution in [3.05, 3.63) is 42.2 Å². The Kier molecular flexibility index (Phi) is 5.01. The van der Waals surface area contributed by atoms with E-state index in [1.54, 1.807) is 0 Å². The Morgan fingerprint density at radius 1 is 1.06 bits per heavy atom. The van der Waals surface area contributed by atoms with Crippen LogP contribution in [0.15, 0.2) is 36.5 Å². The number of rotatable bonds is 1. The van der Waals surface area contributed by atoms with Gasteiger partial charge in [-0.3, -0.25) is 0 Å². The van der Waals surface area contributed by atoms with Crippen molar-refractivity contribution in [1.82, 2.24) is 0 Å². The Labute approximate surface area is 107 Å². The fourth-order valence-electron chi connectivity index (χ4n) is 1.75. The molecule has 5 nitrogen and oxygen atoms in total. The van der Waals surface area contributed by atoms with Gasteiger partial charge < -0.3 is 0 Å². The van der Waals surface area contributed by atoms with Crippen LogP contribution in [0.4, 0.5) is 0 Å². The molecule has 1 aromatic carbocycles. The average molecular weight is 272 g/mol. The topological polar surface area (TPSA) is 96.1 Å². The second-order valence-corrected chi connectivity index (χ2v) is 4.41. The van der Waals surface area contributed by atoms with Gasteiger partial charge in [0.25, 0.3) is 0 Å². The van der Waals surface area contributed by atoms with E-state index in [-0.39, 0.29) is 0 Å². The largest absolute Gasteiger partial charge is 0.222 e. The zero-order valence-electron chi connectivity index (χ0n) is 10.1. The van der Waals surface area contributed by atoms with Gasteiger partial charge in [-0.2, -0.15) is 0 Å². The van der Waals surface area contributed by atoms with Crippen LogP contribution in [-0.2, 0) is 6.54 Å². The molecule has 1 aromatic heterocycles. The SMILES string of the molecule is CC[n+]1ccc2ccccc2c1C.[O-][Cl+3]([O-])([O-])[O-]. The van der Waals surface area contributed by atoms with E-state index in [1.807, 2.05) is 0 Å². The number of halogens is 1. The molecule has 6 heteroatoms. The molecule has 18 heavy (non-hydrogen) atoms. The number of fused-ring (bicyclic) bond motifs is 1. The highest BCUT2D eigenvalue weighted by Crippen LogP contribution is 2.13. The van der Waals surface area contributed by atoms with Crippen LogP contribution < -0.4 is 23.2 Å². The first kappa shape index (κ1) is 14.8. The molecule has 0 spiro atoms. The van der Waals surface area contributed by atoms with E-state index in [2.05, 4.69) is 54.9 Å².